The number of phenolic OH excluding ortho intramolecular Hbond substituents is 2. The number of phenols is 2. The molecule has 6 atom stereocenters. The first-order valence-electron chi connectivity index (χ1n) is 13.7. The van der Waals surface area contributed by atoms with E-state index in [2.05, 4.69) is 0 Å². The average Bonchev–Trinajstić information content (AvgIpc) is 3.29. The van der Waals surface area contributed by atoms with Gasteiger partial charge in [0.1, 0.15) is 22.8 Å². The number of esters is 2. The van der Waals surface area contributed by atoms with Crippen molar-refractivity contribution in [1.29, 1.82) is 0 Å². The first kappa shape index (κ1) is 27.3. The molecule has 4 aliphatic carbocycles. The molecule has 4 N–H and O–H groups in total. The summed E-state index contributed by atoms with van der Waals surface area (Å²) in [5.74, 6) is -7.22. The van der Waals surface area contributed by atoms with E-state index in [1.807, 2.05) is 0 Å². The van der Waals surface area contributed by atoms with Crippen molar-refractivity contribution in [2.45, 2.75) is 61.9 Å². The van der Waals surface area contributed by atoms with E-state index in [1.54, 1.807) is 6.92 Å². The van der Waals surface area contributed by atoms with Crippen molar-refractivity contribution in [2.24, 2.45) is 5.41 Å². The van der Waals surface area contributed by atoms with Crippen LogP contribution in [-0.2, 0) is 30.3 Å². The van der Waals surface area contributed by atoms with Gasteiger partial charge in [-0.1, -0.05) is 18.2 Å². The predicted octanol–water partition coefficient (Wildman–Crippen LogP) is 1.41. The Balaban J connectivity index is 1.43. The molecule has 2 aromatic rings. The normalized spacial score (nSPS) is 33.5. The topological polar surface area (TPSA) is 194 Å². The predicted molar refractivity (Wildman–Crippen MR) is 142 cm³/mol. The molecule has 0 saturated carbocycles. The zero-order valence-electron chi connectivity index (χ0n) is 23.0. The lowest BCUT2D eigenvalue weighted by molar-refractivity contribution is -0.175. The van der Waals surface area contributed by atoms with E-state index in [-0.39, 0.29) is 52.8 Å². The maximum Gasteiger partial charge on any atom is 0.354 e. The quantitative estimate of drug-likeness (QED) is 0.224. The van der Waals surface area contributed by atoms with Gasteiger partial charge in [-0.25, -0.2) is 4.79 Å². The van der Waals surface area contributed by atoms with E-state index in [0.29, 0.717) is 5.56 Å². The molecule has 2 aliphatic heterocycles. The lowest BCUT2D eigenvalue weighted by atomic mass is 9.53. The minimum atomic E-state index is -2.84. The van der Waals surface area contributed by atoms with Crippen LogP contribution in [0.2, 0.25) is 0 Å². The van der Waals surface area contributed by atoms with Crippen LogP contribution in [0.5, 0.6) is 17.2 Å². The Morgan fingerprint density at radius 2 is 1.81 bits per heavy atom. The van der Waals surface area contributed by atoms with Gasteiger partial charge in [-0.2, -0.15) is 0 Å². The molecule has 2 aromatic carbocycles. The van der Waals surface area contributed by atoms with Crippen LogP contribution in [0.3, 0.4) is 0 Å². The van der Waals surface area contributed by atoms with Gasteiger partial charge in [-0.05, 0) is 48.6 Å². The van der Waals surface area contributed by atoms with Gasteiger partial charge in [0.15, 0.2) is 23.3 Å². The van der Waals surface area contributed by atoms with Gasteiger partial charge in [0.05, 0.1) is 36.5 Å². The number of hydrogen-bond acceptors (Lipinski definition) is 12. The zero-order valence-corrected chi connectivity index (χ0v) is 23.0. The fourth-order valence-electron chi connectivity index (χ4n) is 7.65. The summed E-state index contributed by atoms with van der Waals surface area (Å²) in [7, 11) is 1.09. The number of allylic oxidation sites excluding steroid dienone is 1. The Morgan fingerprint density at radius 1 is 1.07 bits per heavy atom. The number of ether oxygens (including phenoxy) is 3. The minimum absolute atomic E-state index is 0.0117. The van der Waals surface area contributed by atoms with E-state index in [9.17, 15) is 44.4 Å². The van der Waals surface area contributed by atoms with E-state index in [0.717, 1.165) is 7.11 Å². The Labute approximate surface area is 243 Å². The van der Waals surface area contributed by atoms with Crippen LogP contribution in [0.25, 0.3) is 0 Å². The van der Waals surface area contributed by atoms with Gasteiger partial charge in [0, 0.05) is 12.0 Å². The summed E-state index contributed by atoms with van der Waals surface area (Å²) >= 11 is 0. The van der Waals surface area contributed by atoms with Crippen LogP contribution in [0.4, 0.5) is 0 Å². The zero-order chi connectivity index (χ0) is 30.8. The van der Waals surface area contributed by atoms with Crippen molar-refractivity contribution in [2.75, 3.05) is 7.11 Å². The van der Waals surface area contributed by atoms with Gasteiger partial charge < -0.3 is 34.6 Å². The number of benzene rings is 2. The molecule has 43 heavy (non-hydrogen) atoms. The molecule has 2 heterocycles. The second-order valence-electron chi connectivity index (χ2n) is 11.9. The molecular formula is C31H26O12. The summed E-state index contributed by atoms with van der Waals surface area (Å²) in [6, 6.07) is 4.10. The lowest BCUT2D eigenvalue weighted by Crippen LogP contribution is -2.66. The Kier molecular flexibility index (Phi) is 5.40. The van der Waals surface area contributed by atoms with Gasteiger partial charge in [-0.3, -0.25) is 19.2 Å². The number of fused-ring (bicyclic) bond motifs is 2. The molecule has 1 fully saturated rings. The maximum atomic E-state index is 14.1. The number of aliphatic hydroxyl groups excluding tert-OH is 1. The van der Waals surface area contributed by atoms with Crippen molar-refractivity contribution in [3.8, 4) is 17.2 Å². The molecule has 1 spiro atoms. The molecule has 2 bridgehead atoms. The average molecular weight is 591 g/mol. The Hall–Kier alpha value is -4.55. The summed E-state index contributed by atoms with van der Waals surface area (Å²) in [5, 5.41) is 45.9. The van der Waals surface area contributed by atoms with Crippen LogP contribution < -0.4 is 4.74 Å². The monoisotopic (exact) mass is 590 g/mol. The fraction of sp³-hybridized carbons (Fsp3) is 0.387. The van der Waals surface area contributed by atoms with Crippen molar-refractivity contribution in [3.63, 3.8) is 0 Å². The van der Waals surface area contributed by atoms with Gasteiger partial charge in [-0.15, -0.1) is 0 Å². The van der Waals surface area contributed by atoms with E-state index in [4.69, 9.17) is 14.2 Å². The smallest absolute Gasteiger partial charge is 0.354 e. The number of aromatic hydroxyl groups is 2. The lowest BCUT2D eigenvalue weighted by Gasteiger charge is -2.51. The first-order chi connectivity index (χ1) is 20.3. The number of methoxy groups -OCH3 is 1. The molecule has 6 unspecified atom stereocenters. The maximum absolute atomic E-state index is 14.1. The number of carbonyl (C=O) groups is 5. The van der Waals surface area contributed by atoms with Crippen molar-refractivity contribution in [1.82, 2.24) is 0 Å². The molecular weight excluding hydrogens is 564 g/mol. The molecule has 0 amide bonds. The van der Waals surface area contributed by atoms with E-state index < -0.39 is 82.0 Å². The number of aliphatic hydroxyl groups is 2. The standard InChI is InChI=1S/C31H26O12/c1-12-7-15-22(16(32)8-12)27(38)31(40)26(37)14-5-6-29(31,25(15)36)10-13-9-18-23(24(35)21(13)14)17(33)11-30(43-18,28(39)41-2)19-3-4-20(34)42-19/h5-9,14,19,25,32,35-36,40H,3-4,10-11H2,1-2H3. The molecule has 222 valence electrons. The number of Topliss-reactive ketones (excluding diaryl/α,β-unsaturated/α-hetero) is 3. The highest BCUT2D eigenvalue weighted by Gasteiger charge is 2.70. The van der Waals surface area contributed by atoms with Gasteiger partial charge in [0.25, 0.3) is 0 Å². The van der Waals surface area contributed by atoms with Crippen molar-refractivity contribution < 1.29 is 58.6 Å². The fourth-order valence-corrected chi connectivity index (χ4v) is 7.65. The van der Waals surface area contributed by atoms with E-state index in [1.165, 1.54) is 30.4 Å². The second kappa shape index (κ2) is 8.51. The molecule has 6 aliphatic rings. The van der Waals surface area contributed by atoms with Crippen LogP contribution in [0.15, 0.2) is 30.4 Å². The number of rotatable bonds is 2. The Bertz CT molecular complexity index is 1760. The summed E-state index contributed by atoms with van der Waals surface area (Å²) in [5.41, 5.74) is -6.89. The van der Waals surface area contributed by atoms with Gasteiger partial charge in [0.2, 0.25) is 11.4 Å². The summed E-state index contributed by atoms with van der Waals surface area (Å²) < 4.78 is 16.4. The SMILES string of the molecule is COC(=O)C1(C2CCC(=O)O2)CC(=O)c2c(cc3c(c2O)C2C=CC4(C3)C(O)c3cc(C)cc(O)c3C(=O)C4(O)C2=O)O1. The van der Waals surface area contributed by atoms with Crippen molar-refractivity contribution >= 4 is 29.3 Å². The number of hydrogen-bond donors (Lipinski definition) is 4. The van der Waals surface area contributed by atoms with Crippen LogP contribution in [0.1, 0.15) is 74.3 Å². The van der Waals surface area contributed by atoms with Crippen molar-refractivity contribution in [3.05, 3.63) is 63.7 Å². The third kappa shape index (κ3) is 3.14. The Morgan fingerprint density at radius 3 is 2.49 bits per heavy atom. The number of ketones is 3. The molecule has 0 radical (unpaired) electrons. The summed E-state index contributed by atoms with van der Waals surface area (Å²) in [6.45, 7) is 1.64. The number of cyclic esters (lactones) is 1. The molecule has 1 saturated heterocycles. The molecule has 12 heteroatoms. The van der Waals surface area contributed by atoms with Gasteiger partial charge >= 0.3 is 11.9 Å². The minimum Gasteiger partial charge on any atom is -0.507 e. The molecule has 0 aromatic heterocycles. The third-order valence-corrected chi connectivity index (χ3v) is 9.64. The first-order valence-corrected chi connectivity index (χ1v) is 13.7. The second-order valence-corrected chi connectivity index (χ2v) is 11.9. The third-order valence-electron chi connectivity index (χ3n) is 9.64. The summed E-state index contributed by atoms with van der Waals surface area (Å²) in [4.78, 5) is 66.6. The highest BCUT2D eigenvalue weighted by Crippen LogP contribution is 2.62. The van der Waals surface area contributed by atoms with Crippen LogP contribution in [-0.4, -0.2) is 74.1 Å². The number of carbonyl (C=O) groups excluding carboxylic acids is 5. The van der Waals surface area contributed by atoms with Crippen LogP contribution >= 0.6 is 0 Å². The molecule has 12 nitrogen and oxygen atoms in total. The highest BCUT2D eigenvalue weighted by molar-refractivity contribution is 6.24. The van der Waals surface area contributed by atoms with Crippen LogP contribution in [0, 0.1) is 12.3 Å². The molecule has 8 rings (SSSR count). The summed E-state index contributed by atoms with van der Waals surface area (Å²) in [6.07, 6.45) is -1.01. The highest BCUT2D eigenvalue weighted by atomic mass is 16.6. The largest absolute Gasteiger partial charge is 0.507 e. The van der Waals surface area contributed by atoms with E-state index >= 15 is 0 Å². The number of aryl methyl sites for hydroxylation is 1.